The summed E-state index contributed by atoms with van der Waals surface area (Å²) in [6, 6.07) is 15.9. The maximum atomic E-state index is 13.6. The summed E-state index contributed by atoms with van der Waals surface area (Å²) >= 11 is 12.4. The highest BCUT2D eigenvalue weighted by atomic mass is 35.5. The first-order valence-electron chi connectivity index (χ1n) is 9.54. The molecule has 1 heterocycles. The van der Waals surface area contributed by atoms with E-state index in [4.69, 9.17) is 23.2 Å². The molecule has 0 amide bonds. The van der Waals surface area contributed by atoms with Gasteiger partial charge in [-0.1, -0.05) is 41.4 Å². The van der Waals surface area contributed by atoms with E-state index in [1.165, 1.54) is 18.2 Å². The molecule has 0 spiro atoms. The Kier molecular flexibility index (Phi) is 6.23. The van der Waals surface area contributed by atoms with E-state index in [1.54, 1.807) is 12.1 Å². The molecule has 4 rings (SSSR count). The van der Waals surface area contributed by atoms with Crippen molar-refractivity contribution in [2.75, 3.05) is 24.5 Å². The molecule has 0 aromatic heterocycles. The summed E-state index contributed by atoms with van der Waals surface area (Å²) in [5.41, 5.74) is 2.50. The molecule has 30 heavy (non-hydrogen) atoms. The Morgan fingerprint density at radius 1 is 0.833 bits per heavy atom. The van der Waals surface area contributed by atoms with E-state index in [1.807, 2.05) is 24.3 Å². The highest BCUT2D eigenvalue weighted by molar-refractivity contribution is 6.33. The molecule has 0 saturated carbocycles. The van der Waals surface area contributed by atoms with Crippen molar-refractivity contribution in [3.05, 3.63) is 99.3 Å². The van der Waals surface area contributed by atoms with Crippen LogP contribution in [-0.4, -0.2) is 24.5 Å². The Labute approximate surface area is 183 Å². The van der Waals surface area contributed by atoms with Gasteiger partial charge in [0, 0.05) is 31.2 Å². The zero-order valence-corrected chi connectivity index (χ0v) is 17.5. The summed E-state index contributed by atoms with van der Waals surface area (Å²) in [6.07, 6.45) is 0. The van der Waals surface area contributed by atoms with Crippen molar-refractivity contribution in [2.45, 2.75) is 12.6 Å². The van der Waals surface area contributed by atoms with Gasteiger partial charge in [-0.2, -0.15) is 0 Å². The fourth-order valence-electron chi connectivity index (χ4n) is 3.85. The van der Waals surface area contributed by atoms with Gasteiger partial charge in [0.15, 0.2) is 11.6 Å². The smallest absolute Gasteiger partial charge is 0.159 e. The molecule has 0 N–H and O–H groups in total. The second kappa shape index (κ2) is 8.88. The molecule has 1 aliphatic heterocycles. The van der Waals surface area contributed by atoms with Crippen molar-refractivity contribution in [1.29, 1.82) is 0 Å². The molecule has 0 aliphatic carbocycles. The van der Waals surface area contributed by atoms with Gasteiger partial charge in [0.1, 0.15) is 5.82 Å². The molecular weight excluding hydrogens is 432 g/mol. The van der Waals surface area contributed by atoms with Gasteiger partial charge in [0.05, 0.1) is 16.8 Å². The van der Waals surface area contributed by atoms with Gasteiger partial charge >= 0.3 is 0 Å². The lowest BCUT2D eigenvalue weighted by Crippen LogP contribution is -2.48. The zero-order valence-electron chi connectivity index (χ0n) is 16.0. The molecule has 0 radical (unpaired) electrons. The zero-order chi connectivity index (χ0) is 21.3. The summed E-state index contributed by atoms with van der Waals surface area (Å²) in [5, 5.41) is 0.989. The van der Waals surface area contributed by atoms with Crippen molar-refractivity contribution in [3.63, 3.8) is 0 Å². The van der Waals surface area contributed by atoms with E-state index in [0.717, 1.165) is 17.3 Å². The molecule has 3 aromatic rings. The molecular formula is C23H19Cl2F3N2. The van der Waals surface area contributed by atoms with Crippen LogP contribution in [0, 0.1) is 17.5 Å². The first-order valence-corrected chi connectivity index (χ1v) is 10.3. The van der Waals surface area contributed by atoms with Crippen LogP contribution >= 0.6 is 23.2 Å². The molecule has 156 valence electrons. The van der Waals surface area contributed by atoms with Crippen molar-refractivity contribution in [3.8, 4) is 0 Å². The minimum absolute atomic E-state index is 0.0655. The summed E-state index contributed by atoms with van der Waals surface area (Å²) in [5.74, 6) is -2.09. The van der Waals surface area contributed by atoms with Crippen LogP contribution in [0.4, 0.5) is 18.9 Å². The average molecular weight is 451 g/mol. The SMILES string of the molecule is Fc1ccc(N2CCN(Cc3ccc(F)c(F)c3)CC2c2ccc(Cl)cc2)c(Cl)c1. The largest absolute Gasteiger partial charge is 0.361 e. The van der Waals surface area contributed by atoms with E-state index in [-0.39, 0.29) is 11.9 Å². The van der Waals surface area contributed by atoms with Gasteiger partial charge in [-0.3, -0.25) is 4.90 Å². The summed E-state index contributed by atoms with van der Waals surface area (Å²) in [4.78, 5) is 4.33. The van der Waals surface area contributed by atoms with E-state index in [9.17, 15) is 13.2 Å². The number of anilines is 1. The average Bonchev–Trinajstić information content (AvgIpc) is 2.72. The number of benzene rings is 3. The second-order valence-corrected chi connectivity index (χ2v) is 8.18. The van der Waals surface area contributed by atoms with Crippen LogP contribution < -0.4 is 4.90 Å². The second-order valence-electron chi connectivity index (χ2n) is 7.34. The fraction of sp³-hybridized carbons (Fsp3) is 0.217. The predicted molar refractivity (Wildman–Crippen MR) is 115 cm³/mol. The Morgan fingerprint density at radius 2 is 1.60 bits per heavy atom. The highest BCUT2D eigenvalue weighted by Gasteiger charge is 2.30. The lowest BCUT2D eigenvalue weighted by molar-refractivity contribution is 0.215. The first kappa shape index (κ1) is 21.0. The van der Waals surface area contributed by atoms with Gasteiger partial charge in [0.25, 0.3) is 0 Å². The molecule has 7 heteroatoms. The van der Waals surface area contributed by atoms with Crippen LogP contribution in [0.2, 0.25) is 10.0 Å². The standard InChI is InChI=1S/C23H19Cl2F3N2/c24-17-4-2-16(3-5-17)23-14-29(13-15-1-7-20(27)21(28)11-15)9-10-30(23)22-8-6-18(26)12-19(22)25/h1-8,11-12,23H,9-10,13-14H2. The molecule has 1 unspecified atom stereocenters. The third kappa shape index (κ3) is 4.59. The van der Waals surface area contributed by atoms with Crippen LogP contribution in [0.1, 0.15) is 17.2 Å². The van der Waals surface area contributed by atoms with Crippen molar-refractivity contribution in [2.24, 2.45) is 0 Å². The van der Waals surface area contributed by atoms with Gasteiger partial charge in [-0.25, -0.2) is 13.2 Å². The van der Waals surface area contributed by atoms with Crippen LogP contribution in [0.25, 0.3) is 0 Å². The van der Waals surface area contributed by atoms with Gasteiger partial charge in [-0.15, -0.1) is 0 Å². The Bertz CT molecular complexity index is 1040. The van der Waals surface area contributed by atoms with Crippen LogP contribution in [0.15, 0.2) is 60.7 Å². The van der Waals surface area contributed by atoms with E-state index < -0.39 is 11.6 Å². The monoisotopic (exact) mass is 450 g/mol. The normalized spacial score (nSPS) is 17.4. The van der Waals surface area contributed by atoms with E-state index in [0.29, 0.717) is 41.8 Å². The lowest BCUT2D eigenvalue weighted by Gasteiger charge is -2.43. The number of hydrogen-bond acceptors (Lipinski definition) is 2. The summed E-state index contributed by atoms with van der Waals surface area (Å²) in [6.45, 7) is 2.46. The van der Waals surface area contributed by atoms with Crippen molar-refractivity contribution < 1.29 is 13.2 Å². The molecule has 1 fully saturated rings. The lowest BCUT2D eigenvalue weighted by atomic mass is 10.0. The Hall–Kier alpha value is -2.21. The fourth-order valence-corrected chi connectivity index (χ4v) is 4.25. The third-order valence-corrected chi connectivity index (χ3v) is 5.88. The van der Waals surface area contributed by atoms with Gasteiger partial charge < -0.3 is 4.90 Å². The molecule has 3 aromatic carbocycles. The van der Waals surface area contributed by atoms with Crippen LogP contribution in [-0.2, 0) is 6.54 Å². The van der Waals surface area contributed by atoms with E-state index in [2.05, 4.69) is 9.80 Å². The van der Waals surface area contributed by atoms with Crippen LogP contribution in [0.5, 0.6) is 0 Å². The quantitative estimate of drug-likeness (QED) is 0.449. The minimum atomic E-state index is -0.853. The number of halogens is 5. The van der Waals surface area contributed by atoms with Crippen molar-refractivity contribution >= 4 is 28.9 Å². The molecule has 1 atom stereocenters. The number of piperazine rings is 1. The van der Waals surface area contributed by atoms with Gasteiger partial charge in [0.2, 0.25) is 0 Å². The molecule has 2 nitrogen and oxygen atoms in total. The van der Waals surface area contributed by atoms with E-state index >= 15 is 0 Å². The maximum absolute atomic E-state index is 13.6. The number of hydrogen-bond donors (Lipinski definition) is 0. The topological polar surface area (TPSA) is 6.48 Å². The summed E-state index contributed by atoms with van der Waals surface area (Å²) in [7, 11) is 0. The molecule has 1 aliphatic rings. The predicted octanol–water partition coefficient (Wildman–Crippen LogP) is 6.47. The third-order valence-electron chi connectivity index (χ3n) is 5.33. The Balaban J connectivity index is 1.62. The Morgan fingerprint density at radius 3 is 2.30 bits per heavy atom. The first-order chi connectivity index (χ1) is 14.4. The van der Waals surface area contributed by atoms with Crippen LogP contribution in [0.3, 0.4) is 0 Å². The molecule has 1 saturated heterocycles. The maximum Gasteiger partial charge on any atom is 0.159 e. The minimum Gasteiger partial charge on any atom is -0.361 e. The molecule has 0 bridgehead atoms. The van der Waals surface area contributed by atoms with Gasteiger partial charge in [-0.05, 0) is 53.6 Å². The number of rotatable bonds is 4. The van der Waals surface area contributed by atoms with Crippen molar-refractivity contribution in [1.82, 2.24) is 4.90 Å². The number of nitrogens with zero attached hydrogens (tertiary/aromatic N) is 2. The summed E-state index contributed by atoms with van der Waals surface area (Å²) < 4.78 is 40.4. The highest BCUT2D eigenvalue weighted by Crippen LogP contribution is 2.36.